The zero-order valence-electron chi connectivity index (χ0n) is 14.3. The van der Waals surface area contributed by atoms with Crippen molar-refractivity contribution >= 4 is 0 Å². The Morgan fingerprint density at radius 3 is 0.842 bits per heavy atom. The second kappa shape index (κ2) is 6.59. The van der Waals surface area contributed by atoms with Crippen LogP contribution in [0.5, 0.6) is 0 Å². The molecule has 1 saturated carbocycles. The average molecular weight is 260 g/mol. The fourth-order valence-corrected chi connectivity index (χ4v) is 3.18. The fraction of sp³-hybridized carbons (Fsp3) is 0.684. The van der Waals surface area contributed by atoms with Crippen molar-refractivity contribution < 1.29 is 0 Å². The smallest absolute Gasteiger partial charge is 0.0392 e. The highest BCUT2D eigenvalue weighted by Gasteiger charge is 2.15. The Labute approximate surface area is 120 Å². The average Bonchev–Trinajstić information content (AvgIpc) is 2.76. The summed E-state index contributed by atoms with van der Waals surface area (Å²) in [6.07, 6.45) is 4.42. The fourth-order valence-electron chi connectivity index (χ4n) is 3.18. The van der Waals surface area contributed by atoms with Gasteiger partial charge in [0.1, 0.15) is 0 Å². The minimum Gasteiger partial charge on any atom is -0.0625 e. The summed E-state index contributed by atoms with van der Waals surface area (Å²) in [6.45, 7) is 18.0. The highest BCUT2D eigenvalue weighted by molar-refractivity contribution is 5.48. The van der Waals surface area contributed by atoms with Crippen molar-refractivity contribution in [1.82, 2.24) is 0 Å². The van der Waals surface area contributed by atoms with Gasteiger partial charge < -0.3 is 0 Å². The lowest BCUT2D eigenvalue weighted by Gasteiger charge is -2.15. The maximum atomic E-state index is 2.35. The van der Waals surface area contributed by atoms with Crippen LogP contribution in [0.25, 0.3) is 0 Å². The largest absolute Gasteiger partial charge is 0.0625 e. The molecule has 1 aliphatic rings. The monoisotopic (exact) mass is 260 g/mol. The maximum Gasteiger partial charge on any atom is -0.0392 e. The molecule has 0 amide bonds. The van der Waals surface area contributed by atoms with Gasteiger partial charge >= 0.3 is 0 Å². The SMILES string of the molecule is CC1CCC(C)C1.Cc1c(C)c(C)c(C)c(C)c1C. The molecule has 0 nitrogen and oxygen atoms in total. The van der Waals surface area contributed by atoms with E-state index in [1.807, 2.05) is 0 Å². The molecule has 108 valence electrons. The van der Waals surface area contributed by atoms with E-state index >= 15 is 0 Å². The zero-order chi connectivity index (χ0) is 14.7. The Kier molecular flexibility index (Phi) is 5.64. The summed E-state index contributed by atoms with van der Waals surface area (Å²) in [5.41, 5.74) is 8.73. The Bertz CT molecular complexity index is 327. The first-order chi connectivity index (χ1) is 8.75. The molecule has 0 heterocycles. The molecule has 0 radical (unpaired) electrons. The van der Waals surface area contributed by atoms with Crippen molar-refractivity contribution in [1.29, 1.82) is 0 Å². The molecule has 0 N–H and O–H groups in total. The highest BCUT2D eigenvalue weighted by Crippen LogP contribution is 2.29. The second-order valence-corrected chi connectivity index (χ2v) is 6.77. The third kappa shape index (κ3) is 3.84. The number of hydrogen-bond acceptors (Lipinski definition) is 0. The van der Waals surface area contributed by atoms with Gasteiger partial charge in [0.25, 0.3) is 0 Å². The molecule has 0 aliphatic heterocycles. The summed E-state index contributed by atoms with van der Waals surface area (Å²) in [6, 6.07) is 0. The maximum absolute atomic E-state index is 2.35. The summed E-state index contributed by atoms with van der Waals surface area (Å²) >= 11 is 0. The van der Waals surface area contributed by atoms with Crippen molar-refractivity contribution in [2.75, 3.05) is 0 Å². The van der Waals surface area contributed by atoms with E-state index < -0.39 is 0 Å². The molecule has 0 saturated heterocycles. The highest BCUT2D eigenvalue weighted by atomic mass is 14.2. The van der Waals surface area contributed by atoms with E-state index in [0.29, 0.717) is 0 Å². The lowest BCUT2D eigenvalue weighted by atomic mass is 9.90. The predicted octanol–water partition coefficient (Wildman–Crippen LogP) is 5.98. The van der Waals surface area contributed by atoms with Gasteiger partial charge in [0.05, 0.1) is 0 Å². The van der Waals surface area contributed by atoms with Gasteiger partial charge in [-0.05, 0) is 93.2 Å². The Balaban J connectivity index is 0.000000218. The summed E-state index contributed by atoms with van der Waals surface area (Å²) in [5.74, 6) is 2.05. The van der Waals surface area contributed by atoms with Crippen LogP contribution >= 0.6 is 0 Å². The minimum absolute atomic E-state index is 1.02. The van der Waals surface area contributed by atoms with Crippen LogP contribution in [0.2, 0.25) is 0 Å². The Morgan fingerprint density at radius 2 is 0.737 bits per heavy atom. The van der Waals surface area contributed by atoms with E-state index in [0.717, 1.165) is 11.8 Å². The second-order valence-electron chi connectivity index (χ2n) is 6.77. The molecule has 2 unspecified atom stereocenters. The van der Waals surface area contributed by atoms with E-state index in [-0.39, 0.29) is 0 Å². The Morgan fingerprint density at radius 1 is 0.526 bits per heavy atom. The Hall–Kier alpha value is -0.780. The molecule has 0 spiro atoms. The van der Waals surface area contributed by atoms with Crippen molar-refractivity contribution in [2.24, 2.45) is 11.8 Å². The molecule has 1 aliphatic carbocycles. The minimum atomic E-state index is 1.02. The van der Waals surface area contributed by atoms with Crippen LogP contribution in [-0.2, 0) is 0 Å². The summed E-state index contributed by atoms with van der Waals surface area (Å²) in [7, 11) is 0. The molecule has 0 aromatic heterocycles. The third-order valence-corrected chi connectivity index (χ3v) is 5.33. The van der Waals surface area contributed by atoms with Gasteiger partial charge in [-0.1, -0.05) is 26.7 Å². The van der Waals surface area contributed by atoms with Gasteiger partial charge in [-0.25, -0.2) is 0 Å². The number of rotatable bonds is 0. The number of benzene rings is 1. The third-order valence-electron chi connectivity index (χ3n) is 5.33. The summed E-state index contributed by atoms with van der Waals surface area (Å²) in [5, 5.41) is 0. The summed E-state index contributed by atoms with van der Waals surface area (Å²) < 4.78 is 0. The van der Waals surface area contributed by atoms with Crippen LogP contribution in [0.4, 0.5) is 0 Å². The van der Waals surface area contributed by atoms with Gasteiger partial charge in [-0.2, -0.15) is 0 Å². The molecule has 1 aromatic rings. The van der Waals surface area contributed by atoms with E-state index in [2.05, 4.69) is 55.4 Å². The topological polar surface area (TPSA) is 0 Å². The van der Waals surface area contributed by atoms with E-state index in [4.69, 9.17) is 0 Å². The standard InChI is InChI=1S/C12H18.C7H14/c1-7-8(2)10(4)12(6)11(5)9(7)3;1-6-3-4-7(2)5-6/h1-6H3;6-7H,3-5H2,1-2H3. The molecule has 2 rings (SSSR count). The molecule has 1 aromatic carbocycles. The van der Waals surface area contributed by atoms with E-state index in [9.17, 15) is 0 Å². The normalized spacial score (nSPS) is 22.1. The predicted molar refractivity (Wildman–Crippen MR) is 87.0 cm³/mol. The number of hydrogen-bond donors (Lipinski definition) is 0. The van der Waals surface area contributed by atoms with E-state index in [1.54, 1.807) is 0 Å². The van der Waals surface area contributed by atoms with Crippen LogP contribution in [0.15, 0.2) is 0 Å². The van der Waals surface area contributed by atoms with Crippen molar-refractivity contribution in [2.45, 2.75) is 74.7 Å². The first-order valence-corrected chi connectivity index (χ1v) is 7.79. The lowest BCUT2D eigenvalue weighted by Crippen LogP contribution is -1.98. The quantitative estimate of drug-likeness (QED) is 0.538. The zero-order valence-corrected chi connectivity index (χ0v) is 14.3. The van der Waals surface area contributed by atoms with Gasteiger partial charge in [0.15, 0.2) is 0 Å². The van der Waals surface area contributed by atoms with Crippen LogP contribution in [0.3, 0.4) is 0 Å². The van der Waals surface area contributed by atoms with Crippen molar-refractivity contribution in [3.05, 3.63) is 33.4 Å². The van der Waals surface area contributed by atoms with Gasteiger partial charge in [0.2, 0.25) is 0 Å². The lowest BCUT2D eigenvalue weighted by molar-refractivity contribution is 0.555. The van der Waals surface area contributed by atoms with Crippen molar-refractivity contribution in [3.63, 3.8) is 0 Å². The van der Waals surface area contributed by atoms with Gasteiger partial charge in [-0.15, -0.1) is 0 Å². The molecular formula is C19H32. The van der Waals surface area contributed by atoms with Crippen LogP contribution in [-0.4, -0.2) is 0 Å². The van der Waals surface area contributed by atoms with Crippen LogP contribution < -0.4 is 0 Å². The van der Waals surface area contributed by atoms with Gasteiger partial charge in [0, 0.05) is 0 Å². The van der Waals surface area contributed by atoms with Gasteiger partial charge in [-0.3, -0.25) is 0 Å². The first-order valence-electron chi connectivity index (χ1n) is 7.79. The molecular weight excluding hydrogens is 228 g/mol. The molecule has 19 heavy (non-hydrogen) atoms. The summed E-state index contributed by atoms with van der Waals surface area (Å²) in [4.78, 5) is 0. The van der Waals surface area contributed by atoms with Crippen LogP contribution in [0, 0.1) is 53.4 Å². The van der Waals surface area contributed by atoms with E-state index in [1.165, 1.54) is 52.6 Å². The molecule has 0 bridgehead atoms. The van der Waals surface area contributed by atoms with Crippen molar-refractivity contribution in [3.8, 4) is 0 Å². The van der Waals surface area contributed by atoms with Crippen LogP contribution in [0.1, 0.15) is 66.5 Å². The molecule has 1 fully saturated rings. The first kappa shape index (κ1) is 16.3. The molecule has 0 heteroatoms. The molecule has 2 atom stereocenters.